The summed E-state index contributed by atoms with van der Waals surface area (Å²) in [6.07, 6.45) is 0.267. The summed E-state index contributed by atoms with van der Waals surface area (Å²) in [5, 5.41) is 3.85. The molecule has 5 heteroatoms. The van der Waals surface area contributed by atoms with E-state index in [0.29, 0.717) is 23.2 Å². The Hall–Kier alpha value is -1.55. The van der Waals surface area contributed by atoms with Gasteiger partial charge in [-0.2, -0.15) is 0 Å². The minimum atomic E-state index is -0.0643. The highest BCUT2D eigenvalue weighted by Crippen LogP contribution is 2.22. The van der Waals surface area contributed by atoms with Crippen LogP contribution in [-0.4, -0.2) is 13.0 Å². The molecule has 0 heterocycles. The number of methoxy groups -OCH3 is 1. The lowest BCUT2D eigenvalue weighted by Gasteiger charge is -2.10. The van der Waals surface area contributed by atoms with Crippen LogP contribution in [0.15, 0.2) is 42.5 Å². The van der Waals surface area contributed by atoms with Crippen molar-refractivity contribution in [1.82, 2.24) is 5.32 Å². The number of benzene rings is 2. The predicted octanol–water partition coefficient (Wildman–Crippen LogP) is 4.00. The molecule has 0 saturated carbocycles. The normalized spacial score (nSPS) is 10.5. The van der Waals surface area contributed by atoms with Gasteiger partial charge < -0.3 is 10.1 Å². The van der Waals surface area contributed by atoms with E-state index in [2.05, 4.69) is 5.32 Å². The maximum Gasteiger partial charge on any atom is 0.224 e. The number of hydrogen-bond donors (Lipinski definition) is 1. The number of halogens is 2. The fourth-order valence-electron chi connectivity index (χ4n) is 2.12. The second-order valence-corrected chi connectivity index (χ2v) is 5.72. The first kappa shape index (κ1) is 16.8. The Morgan fingerprint density at radius 3 is 2.50 bits per heavy atom. The van der Waals surface area contributed by atoms with E-state index in [1.165, 1.54) is 0 Å². The molecule has 2 aromatic carbocycles. The Bertz CT molecular complexity index is 659. The molecule has 0 fully saturated rings. The largest absolute Gasteiger partial charge is 0.380 e. The monoisotopic (exact) mass is 337 g/mol. The number of carbonyl (C=O) groups is 1. The maximum atomic E-state index is 12.0. The van der Waals surface area contributed by atoms with Gasteiger partial charge in [-0.25, -0.2) is 0 Å². The summed E-state index contributed by atoms with van der Waals surface area (Å²) in [5.74, 6) is -0.0643. The van der Waals surface area contributed by atoms with Crippen LogP contribution in [0.1, 0.15) is 16.7 Å². The number of rotatable bonds is 6. The van der Waals surface area contributed by atoms with Gasteiger partial charge in [0, 0.05) is 13.7 Å². The molecule has 0 aromatic heterocycles. The molecule has 3 nitrogen and oxygen atoms in total. The average molecular weight is 338 g/mol. The summed E-state index contributed by atoms with van der Waals surface area (Å²) in [7, 11) is 1.65. The fraction of sp³-hybridized carbons (Fsp3) is 0.235. The van der Waals surface area contributed by atoms with Crippen LogP contribution in [0.25, 0.3) is 0 Å². The molecule has 0 saturated heterocycles. The number of hydrogen-bond acceptors (Lipinski definition) is 2. The van der Waals surface area contributed by atoms with E-state index in [-0.39, 0.29) is 12.3 Å². The molecule has 0 spiro atoms. The van der Waals surface area contributed by atoms with Crippen molar-refractivity contribution in [3.05, 3.63) is 69.2 Å². The second kappa shape index (κ2) is 8.18. The Morgan fingerprint density at radius 1 is 1.09 bits per heavy atom. The van der Waals surface area contributed by atoms with Gasteiger partial charge in [0.15, 0.2) is 0 Å². The van der Waals surface area contributed by atoms with E-state index in [9.17, 15) is 4.79 Å². The number of ether oxygens (including phenoxy) is 1. The standard InChI is InChI=1S/C17H17Cl2NO2/c1-22-11-14-5-3-2-4-13(14)10-20-17(21)9-12-6-7-15(18)16(19)8-12/h2-8H,9-11H2,1H3,(H,20,21). The molecule has 0 aliphatic rings. The number of nitrogens with one attached hydrogen (secondary N) is 1. The molecular weight excluding hydrogens is 321 g/mol. The van der Waals surface area contributed by atoms with E-state index in [0.717, 1.165) is 16.7 Å². The summed E-state index contributed by atoms with van der Waals surface area (Å²) in [6, 6.07) is 13.1. The minimum absolute atomic E-state index is 0.0643. The molecule has 1 amide bonds. The van der Waals surface area contributed by atoms with Crippen LogP contribution in [0.3, 0.4) is 0 Å². The Balaban J connectivity index is 1.94. The van der Waals surface area contributed by atoms with Crippen molar-refractivity contribution in [2.45, 2.75) is 19.6 Å². The van der Waals surface area contributed by atoms with E-state index in [1.54, 1.807) is 25.3 Å². The first-order chi connectivity index (χ1) is 10.6. The lowest BCUT2D eigenvalue weighted by Crippen LogP contribution is -2.25. The van der Waals surface area contributed by atoms with Crippen molar-refractivity contribution < 1.29 is 9.53 Å². The van der Waals surface area contributed by atoms with Crippen LogP contribution in [0, 0.1) is 0 Å². The third kappa shape index (κ3) is 4.73. The average Bonchev–Trinajstić information content (AvgIpc) is 2.50. The third-order valence-electron chi connectivity index (χ3n) is 3.24. The number of carbonyl (C=O) groups excluding carboxylic acids is 1. The molecule has 1 N–H and O–H groups in total. The highest BCUT2D eigenvalue weighted by molar-refractivity contribution is 6.42. The van der Waals surface area contributed by atoms with Gasteiger partial charge in [0.05, 0.1) is 23.1 Å². The van der Waals surface area contributed by atoms with Crippen LogP contribution < -0.4 is 5.32 Å². The highest BCUT2D eigenvalue weighted by Gasteiger charge is 2.07. The Labute approximate surface area is 140 Å². The van der Waals surface area contributed by atoms with E-state index >= 15 is 0 Å². The van der Waals surface area contributed by atoms with Crippen molar-refractivity contribution in [3.63, 3.8) is 0 Å². The Kier molecular flexibility index (Phi) is 6.25. The van der Waals surface area contributed by atoms with E-state index in [4.69, 9.17) is 27.9 Å². The van der Waals surface area contributed by atoms with Gasteiger partial charge in [0.2, 0.25) is 5.91 Å². The summed E-state index contributed by atoms with van der Waals surface area (Å²) in [5.41, 5.74) is 2.95. The molecule has 0 aliphatic carbocycles. The fourth-order valence-corrected chi connectivity index (χ4v) is 2.44. The van der Waals surface area contributed by atoms with Crippen LogP contribution in [-0.2, 0) is 29.1 Å². The van der Waals surface area contributed by atoms with Crippen LogP contribution in [0.4, 0.5) is 0 Å². The third-order valence-corrected chi connectivity index (χ3v) is 3.98. The SMILES string of the molecule is COCc1ccccc1CNC(=O)Cc1ccc(Cl)c(Cl)c1. The summed E-state index contributed by atoms with van der Waals surface area (Å²) < 4.78 is 5.16. The van der Waals surface area contributed by atoms with Gasteiger partial charge >= 0.3 is 0 Å². The zero-order chi connectivity index (χ0) is 15.9. The molecule has 0 unspecified atom stereocenters. The van der Waals surface area contributed by atoms with Gasteiger partial charge in [-0.15, -0.1) is 0 Å². The molecule has 116 valence electrons. The zero-order valence-electron chi connectivity index (χ0n) is 12.2. The summed E-state index contributed by atoms with van der Waals surface area (Å²) in [4.78, 5) is 12.0. The number of amides is 1. The van der Waals surface area contributed by atoms with Crippen molar-refractivity contribution in [3.8, 4) is 0 Å². The van der Waals surface area contributed by atoms with Gasteiger partial charge in [0.1, 0.15) is 0 Å². The van der Waals surface area contributed by atoms with Gasteiger partial charge in [-0.1, -0.05) is 53.5 Å². The van der Waals surface area contributed by atoms with Crippen molar-refractivity contribution in [2.75, 3.05) is 7.11 Å². The van der Waals surface area contributed by atoms with Crippen molar-refractivity contribution in [1.29, 1.82) is 0 Å². The highest BCUT2D eigenvalue weighted by atomic mass is 35.5. The van der Waals surface area contributed by atoms with Gasteiger partial charge in [0.25, 0.3) is 0 Å². The quantitative estimate of drug-likeness (QED) is 0.865. The molecule has 22 heavy (non-hydrogen) atoms. The van der Waals surface area contributed by atoms with E-state index < -0.39 is 0 Å². The molecular formula is C17H17Cl2NO2. The van der Waals surface area contributed by atoms with Crippen LogP contribution in [0.5, 0.6) is 0 Å². The van der Waals surface area contributed by atoms with Crippen molar-refractivity contribution >= 4 is 29.1 Å². The second-order valence-electron chi connectivity index (χ2n) is 4.90. The molecule has 0 atom stereocenters. The van der Waals surface area contributed by atoms with E-state index in [1.807, 2.05) is 24.3 Å². The summed E-state index contributed by atoms with van der Waals surface area (Å²) in [6.45, 7) is 0.999. The topological polar surface area (TPSA) is 38.3 Å². The molecule has 2 rings (SSSR count). The molecule has 0 radical (unpaired) electrons. The van der Waals surface area contributed by atoms with Gasteiger partial charge in [-0.3, -0.25) is 4.79 Å². The predicted molar refractivity (Wildman–Crippen MR) is 89.2 cm³/mol. The summed E-state index contributed by atoms with van der Waals surface area (Å²) >= 11 is 11.8. The van der Waals surface area contributed by atoms with Gasteiger partial charge in [-0.05, 0) is 28.8 Å². The molecule has 0 bridgehead atoms. The van der Waals surface area contributed by atoms with Crippen molar-refractivity contribution in [2.24, 2.45) is 0 Å². The lowest BCUT2D eigenvalue weighted by molar-refractivity contribution is -0.120. The lowest BCUT2D eigenvalue weighted by atomic mass is 10.1. The first-order valence-electron chi connectivity index (χ1n) is 6.86. The molecule has 2 aromatic rings. The first-order valence-corrected chi connectivity index (χ1v) is 7.62. The zero-order valence-corrected chi connectivity index (χ0v) is 13.7. The smallest absolute Gasteiger partial charge is 0.224 e. The van der Waals surface area contributed by atoms with Crippen LogP contribution in [0.2, 0.25) is 10.0 Å². The van der Waals surface area contributed by atoms with Crippen LogP contribution >= 0.6 is 23.2 Å². The molecule has 0 aliphatic heterocycles. The Morgan fingerprint density at radius 2 is 1.82 bits per heavy atom. The minimum Gasteiger partial charge on any atom is -0.380 e. The maximum absolute atomic E-state index is 12.0.